The summed E-state index contributed by atoms with van der Waals surface area (Å²) in [7, 11) is 0. The number of rotatable bonds is 4. The molecule has 0 aliphatic heterocycles. The number of benzene rings is 2. The number of carbonyl (C=O) groups excluding carboxylic acids is 1. The molecule has 0 atom stereocenters. The standard InChI is InChI=1S/C16H11F3N2O2/c17-16(18,19)15(23)13(14(22)11-7-3-1-4-8-11)21-20-12-9-5-2-6-10-12/h1-10,22H. The monoisotopic (exact) mass is 320 g/mol. The highest BCUT2D eigenvalue weighted by Gasteiger charge is 2.43. The van der Waals surface area contributed by atoms with E-state index in [0.29, 0.717) is 0 Å². The van der Waals surface area contributed by atoms with Gasteiger partial charge in [-0.3, -0.25) is 4.79 Å². The van der Waals surface area contributed by atoms with Gasteiger partial charge in [0.25, 0.3) is 5.78 Å². The van der Waals surface area contributed by atoms with E-state index in [2.05, 4.69) is 10.2 Å². The third-order valence-electron chi connectivity index (χ3n) is 2.77. The highest BCUT2D eigenvalue weighted by atomic mass is 19.4. The second-order valence-corrected chi connectivity index (χ2v) is 4.43. The van der Waals surface area contributed by atoms with Crippen molar-refractivity contribution in [2.75, 3.05) is 0 Å². The van der Waals surface area contributed by atoms with Gasteiger partial charge < -0.3 is 5.11 Å². The third-order valence-corrected chi connectivity index (χ3v) is 2.77. The van der Waals surface area contributed by atoms with Gasteiger partial charge in [0, 0.05) is 5.56 Å². The minimum atomic E-state index is -5.17. The van der Waals surface area contributed by atoms with E-state index in [0.717, 1.165) is 0 Å². The van der Waals surface area contributed by atoms with Crippen molar-refractivity contribution < 1.29 is 23.1 Å². The van der Waals surface area contributed by atoms with E-state index in [1.165, 1.54) is 36.4 Å². The molecule has 0 amide bonds. The molecule has 2 aromatic rings. The Kier molecular flexibility index (Phi) is 4.90. The summed E-state index contributed by atoms with van der Waals surface area (Å²) in [6.45, 7) is 0. The summed E-state index contributed by atoms with van der Waals surface area (Å²) in [6.07, 6.45) is -5.17. The molecule has 7 heteroatoms. The van der Waals surface area contributed by atoms with Crippen LogP contribution in [-0.2, 0) is 4.79 Å². The van der Waals surface area contributed by atoms with E-state index in [4.69, 9.17) is 0 Å². The topological polar surface area (TPSA) is 62.0 Å². The van der Waals surface area contributed by atoms with Crippen molar-refractivity contribution in [3.8, 4) is 0 Å². The number of azo groups is 1. The Labute approximate surface area is 129 Å². The average molecular weight is 320 g/mol. The van der Waals surface area contributed by atoms with Crippen LogP contribution >= 0.6 is 0 Å². The van der Waals surface area contributed by atoms with Crippen molar-refractivity contribution in [1.82, 2.24) is 0 Å². The largest absolute Gasteiger partial charge is 0.505 e. The van der Waals surface area contributed by atoms with Crippen molar-refractivity contribution in [2.24, 2.45) is 10.2 Å². The van der Waals surface area contributed by atoms with Gasteiger partial charge in [0.1, 0.15) is 0 Å². The van der Waals surface area contributed by atoms with Crippen molar-refractivity contribution in [3.05, 3.63) is 71.9 Å². The first kappa shape index (κ1) is 16.4. The molecule has 2 aromatic carbocycles. The normalized spacial score (nSPS) is 13.0. The van der Waals surface area contributed by atoms with E-state index in [1.807, 2.05) is 0 Å². The smallest absolute Gasteiger partial charge is 0.456 e. The number of aliphatic hydroxyl groups is 1. The molecule has 1 N–H and O–H groups in total. The van der Waals surface area contributed by atoms with Crippen LogP contribution in [-0.4, -0.2) is 17.1 Å². The molecule has 0 unspecified atom stereocenters. The fourth-order valence-corrected chi connectivity index (χ4v) is 1.67. The second-order valence-electron chi connectivity index (χ2n) is 4.43. The molecule has 0 saturated carbocycles. The number of allylic oxidation sites excluding steroid dienone is 1. The molecule has 0 heterocycles. The van der Waals surface area contributed by atoms with Crippen LogP contribution in [0, 0.1) is 0 Å². The molecule has 0 spiro atoms. The highest BCUT2D eigenvalue weighted by Crippen LogP contribution is 2.27. The molecule has 118 valence electrons. The molecule has 23 heavy (non-hydrogen) atoms. The predicted octanol–water partition coefficient (Wildman–Crippen LogP) is 4.83. The Morgan fingerprint density at radius 1 is 0.913 bits per heavy atom. The summed E-state index contributed by atoms with van der Waals surface area (Å²) in [4.78, 5) is 11.5. The van der Waals surface area contributed by atoms with Crippen LogP contribution in [0.3, 0.4) is 0 Å². The quantitative estimate of drug-likeness (QED) is 0.498. The Hall–Kier alpha value is -2.96. The number of nitrogens with zero attached hydrogens (tertiary/aromatic N) is 2. The van der Waals surface area contributed by atoms with Gasteiger partial charge in [0.2, 0.25) is 0 Å². The summed E-state index contributed by atoms with van der Waals surface area (Å²) in [5, 5.41) is 16.9. The lowest BCUT2D eigenvalue weighted by Gasteiger charge is -2.08. The lowest BCUT2D eigenvalue weighted by atomic mass is 10.1. The molecule has 0 radical (unpaired) electrons. The SMILES string of the molecule is O=C(C(N=Nc1ccccc1)=C(O)c1ccccc1)C(F)(F)F. The van der Waals surface area contributed by atoms with Gasteiger partial charge in [-0.05, 0) is 12.1 Å². The van der Waals surface area contributed by atoms with Crippen LogP contribution in [0.2, 0.25) is 0 Å². The van der Waals surface area contributed by atoms with Crippen molar-refractivity contribution in [3.63, 3.8) is 0 Å². The third kappa shape index (κ3) is 4.26. The first-order chi connectivity index (χ1) is 10.9. The molecule has 0 aromatic heterocycles. The minimum Gasteiger partial charge on any atom is -0.505 e. The number of hydrogen-bond donors (Lipinski definition) is 1. The number of aliphatic hydroxyl groups excluding tert-OH is 1. The number of Topliss-reactive ketones (excluding diaryl/α,β-unsaturated/α-hetero) is 1. The Morgan fingerprint density at radius 3 is 1.96 bits per heavy atom. The molecule has 0 fully saturated rings. The van der Waals surface area contributed by atoms with E-state index in [-0.39, 0.29) is 11.3 Å². The fraction of sp³-hybridized carbons (Fsp3) is 0.0625. The molecule has 0 aliphatic carbocycles. The van der Waals surface area contributed by atoms with Crippen molar-refractivity contribution in [1.29, 1.82) is 0 Å². The Bertz CT molecular complexity index is 739. The molecule has 0 aliphatic rings. The number of hydrogen-bond acceptors (Lipinski definition) is 4. The molecule has 0 bridgehead atoms. The van der Waals surface area contributed by atoms with E-state index < -0.39 is 23.4 Å². The lowest BCUT2D eigenvalue weighted by molar-refractivity contribution is -0.166. The molecule has 2 rings (SSSR count). The Morgan fingerprint density at radius 2 is 1.43 bits per heavy atom. The number of alkyl halides is 3. The van der Waals surface area contributed by atoms with Gasteiger partial charge in [0.05, 0.1) is 5.69 Å². The molecule has 0 saturated heterocycles. The maximum Gasteiger partial charge on any atom is 0.456 e. The zero-order chi connectivity index (χ0) is 16.9. The predicted molar refractivity (Wildman–Crippen MR) is 78.0 cm³/mol. The molecular weight excluding hydrogens is 309 g/mol. The van der Waals surface area contributed by atoms with Crippen LogP contribution in [0.15, 0.2) is 76.6 Å². The number of ketones is 1. The summed E-state index contributed by atoms with van der Waals surface area (Å²) >= 11 is 0. The van der Waals surface area contributed by atoms with Gasteiger partial charge in [0.15, 0.2) is 11.5 Å². The Balaban J connectivity index is 2.49. The van der Waals surface area contributed by atoms with E-state index >= 15 is 0 Å². The van der Waals surface area contributed by atoms with Gasteiger partial charge in [-0.15, -0.1) is 5.11 Å². The maximum absolute atomic E-state index is 12.7. The average Bonchev–Trinajstić information content (AvgIpc) is 2.55. The first-order valence-electron chi connectivity index (χ1n) is 6.46. The minimum absolute atomic E-state index is 0.0344. The molecular formula is C16H11F3N2O2. The lowest BCUT2D eigenvalue weighted by Crippen LogP contribution is -2.24. The van der Waals surface area contributed by atoms with Crippen LogP contribution < -0.4 is 0 Å². The van der Waals surface area contributed by atoms with Crippen LogP contribution in [0.25, 0.3) is 5.76 Å². The summed E-state index contributed by atoms with van der Waals surface area (Å²) in [5.74, 6) is -3.15. The van der Waals surface area contributed by atoms with Gasteiger partial charge in [-0.2, -0.15) is 18.3 Å². The fourth-order valence-electron chi connectivity index (χ4n) is 1.67. The summed E-state index contributed by atoms with van der Waals surface area (Å²) < 4.78 is 38.1. The van der Waals surface area contributed by atoms with Crippen LogP contribution in [0.5, 0.6) is 0 Å². The first-order valence-corrected chi connectivity index (χ1v) is 6.46. The zero-order valence-electron chi connectivity index (χ0n) is 11.7. The van der Waals surface area contributed by atoms with Gasteiger partial charge >= 0.3 is 6.18 Å². The van der Waals surface area contributed by atoms with Crippen molar-refractivity contribution >= 4 is 17.2 Å². The maximum atomic E-state index is 12.7. The van der Waals surface area contributed by atoms with E-state index in [1.54, 1.807) is 24.3 Å². The zero-order valence-corrected chi connectivity index (χ0v) is 11.7. The highest BCUT2D eigenvalue weighted by molar-refractivity contribution is 6.04. The number of carbonyl (C=O) groups is 1. The second kappa shape index (κ2) is 6.87. The summed E-state index contributed by atoms with van der Waals surface area (Å²) in [6, 6.07) is 15.3. The number of halogens is 3. The van der Waals surface area contributed by atoms with E-state index in [9.17, 15) is 23.1 Å². The van der Waals surface area contributed by atoms with Crippen LogP contribution in [0.1, 0.15) is 5.56 Å². The van der Waals surface area contributed by atoms with Crippen LogP contribution in [0.4, 0.5) is 18.9 Å². The van der Waals surface area contributed by atoms with Gasteiger partial charge in [-0.25, -0.2) is 0 Å². The van der Waals surface area contributed by atoms with Crippen molar-refractivity contribution in [2.45, 2.75) is 6.18 Å². The molecule has 4 nitrogen and oxygen atoms in total. The van der Waals surface area contributed by atoms with Gasteiger partial charge in [-0.1, -0.05) is 48.5 Å². The summed E-state index contributed by atoms with van der Waals surface area (Å²) in [5.41, 5.74) is -0.875.